The molecular weight excluding hydrogens is 350 g/mol. The number of hydrogen-bond donors (Lipinski definition) is 1. The van der Waals surface area contributed by atoms with Crippen LogP contribution < -0.4 is 0 Å². The third kappa shape index (κ3) is 2.87. The number of carbonyl (C=O) groups is 2. The summed E-state index contributed by atoms with van der Waals surface area (Å²) in [4.78, 5) is 24.9. The third-order valence-corrected chi connectivity index (χ3v) is 5.45. The van der Waals surface area contributed by atoms with E-state index in [2.05, 4.69) is 0 Å². The van der Waals surface area contributed by atoms with Crippen molar-refractivity contribution in [2.45, 2.75) is 26.2 Å². The number of benzene rings is 3. The smallest absolute Gasteiger partial charge is 0.307 e. The van der Waals surface area contributed by atoms with E-state index < -0.39 is 5.97 Å². The lowest BCUT2D eigenvalue weighted by atomic mass is 9.94. The molecule has 4 heteroatoms. The Hall–Kier alpha value is -3.40. The number of nitrogens with zero attached hydrogens (tertiary/aromatic N) is 1. The highest BCUT2D eigenvalue weighted by atomic mass is 16.4. The Balaban J connectivity index is 1.87. The van der Waals surface area contributed by atoms with Crippen LogP contribution in [0, 0.1) is 6.92 Å². The largest absolute Gasteiger partial charge is 0.481 e. The van der Waals surface area contributed by atoms with Crippen molar-refractivity contribution in [2.75, 3.05) is 0 Å². The van der Waals surface area contributed by atoms with Crippen LogP contribution in [-0.2, 0) is 11.2 Å². The van der Waals surface area contributed by atoms with Gasteiger partial charge in [-0.05, 0) is 41.8 Å². The molecule has 0 saturated heterocycles. The molecule has 0 spiro atoms. The number of carboxylic acids is 1. The molecule has 28 heavy (non-hydrogen) atoms. The monoisotopic (exact) mass is 371 g/mol. The van der Waals surface area contributed by atoms with Gasteiger partial charge in [-0.25, -0.2) is 0 Å². The fourth-order valence-corrected chi connectivity index (χ4v) is 4.05. The Bertz CT molecular complexity index is 1210. The number of hydrogen-bond acceptors (Lipinski definition) is 2. The van der Waals surface area contributed by atoms with Crippen LogP contribution in [0.1, 0.15) is 34.5 Å². The van der Waals surface area contributed by atoms with E-state index in [-0.39, 0.29) is 18.2 Å². The Morgan fingerprint density at radius 2 is 1.57 bits per heavy atom. The molecule has 0 bridgehead atoms. The lowest BCUT2D eigenvalue weighted by Gasteiger charge is -2.16. The molecule has 0 saturated carbocycles. The van der Waals surface area contributed by atoms with Gasteiger partial charge in [0.05, 0.1) is 17.9 Å². The molecule has 0 aliphatic heterocycles. The minimum atomic E-state index is -0.902. The first-order valence-electron chi connectivity index (χ1n) is 9.31. The van der Waals surface area contributed by atoms with Gasteiger partial charge in [-0.2, -0.15) is 0 Å². The Labute approximate surface area is 163 Å². The van der Waals surface area contributed by atoms with Gasteiger partial charge in [0.15, 0.2) is 0 Å². The van der Waals surface area contributed by atoms with Gasteiger partial charge in [0.2, 0.25) is 5.91 Å². The van der Waals surface area contributed by atoms with E-state index in [1.165, 1.54) is 0 Å². The van der Waals surface area contributed by atoms with Crippen LogP contribution >= 0.6 is 0 Å². The van der Waals surface area contributed by atoms with Crippen LogP contribution in [0.25, 0.3) is 21.7 Å². The van der Waals surface area contributed by atoms with E-state index >= 15 is 0 Å². The van der Waals surface area contributed by atoms with Gasteiger partial charge in [0.25, 0.3) is 0 Å². The SMILES string of the molecule is Cc1c(CC(=O)O)c2ccccc2n1C(=O)C(C)c1cccc2ccccc12. The number of carboxylic acid groups (broad SMARTS) is 1. The highest BCUT2D eigenvalue weighted by Crippen LogP contribution is 2.31. The van der Waals surface area contributed by atoms with Crippen molar-refractivity contribution in [3.05, 3.63) is 83.6 Å². The molecule has 0 radical (unpaired) electrons. The van der Waals surface area contributed by atoms with Gasteiger partial charge in [0, 0.05) is 11.1 Å². The van der Waals surface area contributed by atoms with Crippen molar-refractivity contribution in [3.8, 4) is 0 Å². The maximum Gasteiger partial charge on any atom is 0.307 e. The maximum atomic E-state index is 13.5. The zero-order chi connectivity index (χ0) is 19.8. The van der Waals surface area contributed by atoms with Crippen molar-refractivity contribution in [1.29, 1.82) is 0 Å². The average molecular weight is 371 g/mol. The normalized spacial score (nSPS) is 12.4. The van der Waals surface area contributed by atoms with Crippen molar-refractivity contribution in [2.24, 2.45) is 0 Å². The summed E-state index contributed by atoms with van der Waals surface area (Å²) in [6, 6.07) is 21.5. The molecule has 0 fully saturated rings. The van der Waals surface area contributed by atoms with Gasteiger partial charge in [0.1, 0.15) is 0 Å². The third-order valence-electron chi connectivity index (χ3n) is 5.45. The zero-order valence-electron chi connectivity index (χ0n) is 15.8. The van der Waals surface area contributed by atoms with Crippen molar-refractivity contribution in [3.63, 3.8) is 0 Å². The summed E-state index contributed by atoms with van der Waals surface area (Å²) in [7, 11) is 0. The predicted molar refractivity (Wildman–Crippen MR) is 111 cm³/mol. The minimum Gasteiger partial charge on any atom is -0.481 e. The second-order valence-corrected chi connectivity index (χ2v) is 7.12. The Kier molecular flexibility index (Phi) is 4.47. The summed E-state index contributed by atoms with van der Waals surface area (Å²) in [6.07, 6.45) is -0.102. The van der Waals surface area contributed by atoms with E-state index in [0.29, 0.717) is 11.3 Å². The summed E-state index contributed by atoms with van der Waals surface area (Å²) in [6.45, 7) is 3.74. The molecule has 4 rings (SSSR count). The zero-order valence-corrected chi connectivity index (χ0v) is 15.8. The molecule has 1 unspecified atom stereocenters. The van der Waals surface area contributed by atoms with Crippen molar-refractivity contribution in [1.82, 2.24) is 4.57 Å². The van der Waals surface area contributed by atoms with Gasteiger partial charge < -0.3 is 5.11 Å². The number of aromatic nitrogens is 1. The van der Waals surface area contributed by atoms with Crippen LogP contribution in [0.4, 0.5) is 0 Å². The van der Waals surface area contributed by atoms with E-state index in [9.17, 15) is 14.7 Å². The second-order valence-electron chi connectivity index (χ2n) is 7.12. The Morgan fingerprint density at radius 1 is 0.929 bits per heavy atom. The molecule has 4 aromatic rings. The lowest BCUT2D eigenvalue weighted by molar-refractivity contribution is -0.136. The van der Waals surface area contributed by atoms with Crippen LogP contribution in [0.3, 0.4) is 0 Å². The molecule has 0 aliphatic rings. The highest BCUT2D eigenvalue weighted by Gasteiger charge is 2.25. The number of fused-ring (bicyclic) bond motifs is 2. The first kappa shape index (κ1) is 18.0. The Morgan fingerprint density at radius 3 is 2.32 bits per heavy atom. The summed E-state index contributed by atoms with van der Waals surface area (Å²) in [5.41, 5.74) is 3.12. The summed E-state index contributed by atoms with van der Waals surface area (Å²) in [5.74, 6) is -1.32. The quantitative estimate of drug-likeness (QED) is 0.538. The molecule has 1 aromatic heterocycles. The summed E-state index contributed by atoms with van der Waals surface area (Å²) in [5, 5.41) is 12.3. The maximum absolute atomic E-state index is 13.5. The summed E-state index contributed by atoms with van der Waals surface area (Å²) < 4.78 is 1.68. The molecule has 140 valence electrons. The number of carbonyl (C=O) groups excluding carboxylic acids is 1. The van der Waals surface area contributed by atoms with E-state index in [4.69, 9.17) is 0 Å². The molecule has 0 amide bonds. The molecule has 4 nitrogen and oxygen atoms in total. The molecule has 1 heterocycles. The fraction of sp³-hybridized carbons (Fsp3) is 0.167. The molecule has 1 N–H and O–H groups in total. The number of rotatable bonds is 4. The predicted octanol–water partition coefficient (Wildman–Crippen LogP) is 5.17. The lowest BCUT2D eigenvalue weighted by Crippen LogP contribution is -2.19. The first-order chi connectivity index (χ1) is 13.5. The van der Waals surface area contributed by atoms with E-state index in [0.717, 1.165) is 27.2 Å². The topological polar surface area (TPSA) is 59.3 Å². The van der Waals surface area contributed by atoms with Gasteiger partial charge in [-0.3, -0.25) is 14.2 Å². The van der Waals surface area contributed by atoms with Crippen molar-refractivity contribution < 1.29 is 14.7 Å². The minimum absolute atomic E-state index is 0.0540. The van der Waals surface area contributed by atoms with Gasteiger partial charge in [-0.15, -0.1) is 0 Å². The van der Waals surface area contributed by atoms with Crippen LogP contribution in [0.5, 0.6) is 0 Å². The van der Waals surface area contributed by atoms with E-state index in [1.54, 1.807) is 4.57 Å². The van der Waals surface area contributed by atoms with E-state index in [1.807, 2.05) is 80.6 Å². The van der Waals surface area contributed by atoms with Crippen LogP contribution in [0.15, 0.2) is 66.7 Å². The molecular formula is C24H21NO3. The van der Waals surface area contributed by atoms with Gasteiger partial charge in [-0.1, -0.05) is 60.7 Å². The average Bonchev–Trinajstić information content (AvgIpc) is 2.97. The first-order valence-corrected chi connectivity index (χ1v) is 9.31. The molecule has 1 atom stereocenters. The van der Waals surface area contributed by atoms with Gasteiger partial charge >= 0.3 is 5.97 Å². The summed E-state index contributed by atoms with van der Waals surface area (Å²) >= 11 is 0. The standard InChI is InChI=1S/C24H21NO3/c1-15(18-12-7-9-17-8-3-4-10-19(17)18)24(28)25-16(2)21(14-23(26)27)20-11-5-6-13-22(20)25/h3-13,15H,14H2,1-2H3,(H,26,27). The van der Waals surface area contributed by atoms with Crippen LogP contribution in [0.2, 0.25) is 0 Å². The van der Waals surface area contributed by atoms with Crippen LogP contribution in [-0.4, -0.2) is 21.6 Å². The van der Waals surface area contributed by atoms with Crippen molar-refractivity contribution >= 4 is 33.6 Å². The second kappa shape index (κ2) is 6.97. The number of aliphatic carboxylic acids is 1. The number of para-hydroxylation sites is 1. The molecule has 3 aromatic carbocycles. The highest BCUT2D eigenvalue weighted by molar-refractivity contribution is 6.01. The molecule has 0 aliphatic carbocycles. The fourth-order valence-electron chi connectivity index (χ4n) is 4.05.